The Hall–Kier alpha value is -1.39. The quantitative estimate of drug-likeness (QED) is 0.914. The van der Waals surface area contributed by atoms with Gasteiger partial charge in [0, 0.05) is 22.3 Å². The molecule has 0 fully saturated rings. The van der Waals surface area contributed by atoms with E-state index in [4.69, 9.17) is 11.5 Å². The molecule has 1 heterocycles. The van der Waals surface area contributed by atoms with Gasteiger partial charge < -0.3 is 11.5 Å². The van der Waals surface area contributed by atoms with E-state index in [-0.39, 0.29) is 6.04 Å². The summed E-state index contributed by atoms with van der Waals surface area (Å²) in [5.41, 5.74) is 14.0. The second-order valence-electron chi connectivity index (χ2n) is 3.91. The van der Waals surface area contributed by atoms with E-state index in [0.29, 0.717) is 5.82 Å². The Morgan fingerprint density at radius 2 is 1.88 bits per heavy atom. The lowest BCUT2D eigenvalue weighted by molar-refractivity contribution is 0.721. The Labute approximate surface area is 109 Å². The molecule has 0 saturated heterocycles. The number of pyridine rings is 1. The van der Waals surface area contributed by atoms with Crippen LogP contribution in [0.3, 0.4) is 0 Å². The number of halogens is 1. The predicted molar refractivity (Wildman–Crippen MR) is 73.4 cm³/mol. The monoisotopic (exact) mass is 291 g/mol. The molecular formula is C13H14BrN3. The lowest BCUT2D eigenvalue weighted by atomic mass is 10.0. The van der Waals surface area contributed by atoms with Gasteiger partial charge in [0.15, 0.2) is 0 Å². The molecule has 2 rings (SSSR count). The van der Waals surface area contributed by atoms with Crippen molar-refractivity contribution >= 4 is 21.7 Å². The number of nitrogens with zero attached hydrogens (tertiary/aromatic N) is 1. The number of hydrogen-bond acceptors (Lipinski definition) is 3. The third-order valence-corrected chi connectivity index (χ3v) is 3.17. The third-order valence-electron chi connectivity index (χ3n) is 2.64. The van der Waals surface area contributed by atoms with Crippen molar-refractivity contribution in [3.05, 3.63) is 58.2 Å². The zero-order valence-electron chi connectivity index (χ0n) is 9.31. The molecular weight excluding hydrogens is 278 g/mol. The molecule has 88 valence electrons. The van der Waals surface area contributed by atoms with Crippen LogP contribution in [0.4, 0.5) is 5.82 Å². The first kappa shape index (κ1) is 12.1. The van der Waals surface area contributed by atoms with Crippen molar-refractivity contribution in [1.82, 2.24) is 4.98 Å². The third kappa shape index (κ3) is 3.05. The molecule has 1 aromatic heterocycles. The zero-order valence-corrected chi connectivity index (χ0v) is 10.9. The van der Waals surface area contributed by atoms with Gasteiger partial charge in [0.25, 0.3) is 0 Å². The van der Waals surface area contributed by atoms with Crippen LogP contribution in [0.5, 0.6) is 0 Å². The molecule has 4 N–H and O–H groups in total. The highest BCUT2D eigenvalue weighted by molar-refractivity contribution is 9.10. The Morgan fingerprint density at radius 1 is 1.18 bits per heavy atom. The van der Waals surface area contributed by atoms with E-state index in [2.05, 4.69) is 33.0 Å². The summed E-state index contributed by atoms with van der Waals surface area (Å²) in [6, 6.07) is 11.8. The maximum absolute atomic E-state index is 6.13. The van der Waals surface area contributed by atoms with E-state index in [1.54, 1.807) is 6.20 Å². The highest BCUT2D eigenvalue weighted by Gasteiger charge is 2.10. The fourth-order valence-electron chi connectivity index (χ4n) is 1.73. The normalized spacial score (nSPS) is 12.4. The first-order valence-corrected chi connectivity index (χ1v) is 6.16. The number of nitrogens with two attached hydrogens (primary N) is 2. The van der Waals surface area contributed by atoms with E-state index in [9.17, 15) is 0 Å². The minimum atomic E-state index is -0.120. The van der Waals surface area contributed by atoms with Gasteiger partial charge in [-0.05, 0) is 30.2 Å². The molecule has 0 saturated carbocycles. The van der Waals surface area contributed by atoms with Gasteiger partial charge in [-0.25, -0.2) is 4.98 Å². The maximum atomic E-state index is 6.13. The molecule has 1 aromatic carbocycles. The summed E-state index contributed by atoms with van der Waals surface area (Å²) in [6.07, 6.45) is 2.42. The summed E-state index contributed by atoms with van der Waals surface area (Å²) in [5.74, 6) is 0.511. The zero-order chi connectivity index (χ0) is 12.3. The van der Waals surface area contributed by atoms with Crippen LogP contribution < -0.4 is 11.5 Å². The molecule has 2 aromatic rings. The molecule has 1 atom stereocenters. The maximum Gasteiger partial charge on any atom is 0.128 e. The van der Waals surface area contributed by atoms with E-state index in [1.165, 1.54) is 5.56 Å². The SMILES string of the molecule is Nc1ncccc1C(N)Cc1ccc(Br)cc1. The molecule has 0 bridgehead atoms. The molecule has 4 heteroatoms. The summed E-state index contributed by atoms with van der Waals surface area (Å²) in [6.45, 7) is 0. The molecule has 3 nitrogen and oxygen atoms in total. The second-order valence-corrected chi connectivity index (χ2v) is 4.83. The molecule has 17 heavy (non-hydrogen) atoms. The van der Waals surface area contributed by atoms with Crippen molar-refractivity contribution in [3.63, 3.8) is 0 Å². The topological polar surface area (TPSA) is 64.9 Å². The van der Waals surface area contributed by atoms with Crippen LogP contribution in [0.2, 0.25) is 0 Å². The number of benzene rings is 1. The fraction of sp³-hybridized carbons (Fsp3) is 0.154. The van der Waals surface area contributed by atoms with E-state index >= 15 is 0 Å². The molecule has 0 aliphatic rings. The smallest absolute Gasteiger partial charge is 0.128 e. The van der Waals surface area contributed by atoms with E-state index < -0.39 is 0 Å². The van der Waals surface area contributed by atoms with Gasteiger partial charge in [0.2, 0.25) is 0 Å². The molecule has 0 aliphatic heterocycles. The first-order valence-electron chi connectivity index (χ1n) is 5.37. The average molecular weight is 292 g/mol. The highest BCUT2D eigenvalue weighted by atomic mass is 79.9. The van der Waals surface area contributed by atoms with Gasteiger partial charge >= 0.3 is 0 Å². The number of aromatic nitrogens is 1. The van der Waals surface area contributed by atoms with Crippen LogP contribution in [0.15, 0.2) is 47.1 Å². The number of rotatable bonds is 3. The highest BCUT2D eigenvalue weighted by Crippen LogP contribution is 2.20. The second kappa shape index (κ2) is 5.29. The largest absolute Gasteiger partial charge is 0.383 e. The van der Waals surface area contributed by atoms with Gasteiger partial charge in [-0.15, -0.1) is 0 Å². The lowest BCUT2D eigenvalue weighted by Gasteiger charge is -2.13. The Balaban J connectivity index is 2.14. The summed E-state index contributed by atoms with van der Waals surface area (Å²) >= 11 is 3.41. The van der Waals surface area contributed by atoms with Crippen LogP contribution in [0.1, 0.15) is 17.2 Å². The van der Waals surface area contributed by atoms with Crippen LogP contribution in [0.25, 0.3) is 0 Å². The fourth-order valence-corrected chi connectivity index (χ4v) is 1.99. The summed E-state index contributed by atoms with van der Waals surface area (Å²) < 4.78 is 1.07. The van der Waals surface area contributed by atoms with Gasteiger partial charge in [-0.2, -0.15) is 0 Å². The molecule has 0 aliphatic carbocycles. The summed E-state index contributed by atoms with van der Waals surface area (Å²) in [4.78, 5) is 4.05. The van der Waals surface area contributed by atoms with Crippen LogP contribution in [-0.4, -0.2) is 4.98 Å². The molecule has 0 amide bonds. The predicted octanol–water partition coefficient (Wildman–Crippen LogP) is 2.67. The average Bonchev–Trinajstić information content (AvgIpc) is 2.32. The number of anilines is 1. The van der Waals surface area contributed by atoms with Gasteiger partial charge in [-0.1, -0.05) is 34.1 Å². The summed E-state index contributed by atoms with van der Waals surface area (Å²) in [5, 5.41) is 0. The number of nitrogen functional groups attached to an aromatic ring is 1. The van der Waals surface area contributed by atoms with Crippen LogP contribution in [0, 0.1) is 0 Å². The van der Waals surface area contributed by atoms with Crippen LogP contribution in [-0.2, 0) is 6.42 Å². The molecule has 1 unspecified atom stereocenters. The Kier molecular flexibility index (Phi) is 3.76. The van der Waals surface area contributed by atoms with Crippen molar-refractivity contribution < 1.29 is 0 Å². The van der Waals surface area contributed by atoms with Crippen molar-refractivity contribution in [3.8, 4) is 0 Å². The van der Waals surface area contributed by atoms with E-state index in [0.717, 1.165) is 16.5 Å². The van der Waals surface area contributed by atoms with Crippen molar-refractivity contribution in [2.24, 2.45) is 5.73 Å². The van der Waals surface area contributed by atoms with Crippen LogP contribution >= 0.6 is 15.9 Å². The van der Waals surface area contributed by atoms with E-state index in [1.807, 2.05) is 24.3 Å². The molecule has 0 radical (unpaired) electrons. The van der Waals surface area contributed by atoms with Gasteiger partial charge in [0.1, 0.15) is 5.82 Å². The summed E-state index contributed by atoms with van der Waals surface area (Å²) in [7, 11) is 0. The Morgan fingerprint density at radius 3 is 2.53 bits per heavy atom. The Bertz CT molecular complexity index is 496. The first-order chi connectivity index (χ1) is 8.16. The number of hydrogen-bond donors (Lipinski definition) is 2. The standard InChI is InChI=1S/C13H14BrN3/c14-10-5-3-9(4-6-10)8-12(15)11-2-1-7-17-13(11)16/h1-7,12H,8,15H2,(H2,16,17). The minimum Gasteiger partial charge on any atom is -0.383 e. The molecule has 0 spiro atoms. The van der Waals surface area contributed by atoms with Crippen molar-refractivity contribution in [2.45, 2.75) is 12.5 Å². The lowest BCUT2D eigenvalue weighted by Crippen LogP contribution is -2.15. The van der Waals surface area contributed by atoms with Crippen molar-refractivity contribution in [1.29, 1.82) is 0 Å². The van der Waals surface area contributed by atoms with Gasteiger partial charge in [-0.3, -0.25) is 0 Å². The van der Waals surface area contributed by atoms with Crippen molar-refractivity contribution in [2.75, 3.05) is 5.73 Å². The van der Waals surface area contributed by atoms with Gasteiger partial charge in [0.05, 0.1) is 0 Å². The minimum absolute atomic E-state index is 0.120.